The predicted octanol–water partition coefficient (Wildman–Crippen LogP) is 4.76. The summed E-state index contributed by atoms with van der Waals surface area (Å²) in [5, 5.41) is 11.4. The molecule has 7 heteroatoms. The maximum absolute atomic E-state index is 5.90. The third kappa shape index (κ3) is 7.95. The first kappa shape index (κ1) is 22.8. The van der Waals surface area contributed by atoms with Gasteiger partial charge >= 0.3 is 0 Å². The molecule has 1 aromatic heterocycles. The molecule has 0 aliphatic rings. The molecule has 0 atom stereocenters. The molecule has 0 spiro atoms. The molecular formula is C19H28ClIN4O. The van der Waals surface area contributed by atoms with E-state index in [1.807, 2.05) is 18.2 Å². The summed E-state index contributed by atoms with van der Waals surface area (Å²) in [5.41, 5.74) is 2.25. The van der Waals surface area contributed by atoms with E-state index in [1.54, 1.807) is 0 Å². The van der Waals surface area contributed by atoms with E-state index in [0.29, 0.717) is 12.5 Å². The number of hydrogen-bond acceptors (Lipinski definition) is 3. The van der Waals surface area contributed by atoms with Crippen molar-refractivity contribution >= 4 is 41.5 Å². The normalized spacial score (nSPS) is 11.3. The van der Waals surface area contributed by atoms with Crippen LogP contribution in [0.4, 0.5) is 0 Å². The summed E-state index contributed by atoms with van der Waals surface area (Å²) < 4.78 is 5.32. The van der Waals surface area contributed by atoms with Crippen molar-refractivity contribution in [3.8, 4) is 0 Å². The summed E-state index contributed by atoms with van der Waals surface area (Å²) in [6.07, 6.45) is 2.02. The van der Waals surface area contributed by atoms with Gasteiger partial charge in [-0.25, -0.2) is 4.99 Å². The molecular weight excluding hydrogens is 463 g/mol. The Kier molecular flexibility index (Phi) is 10.7. The van der Waals surface area contributed by atoms with Crippen LogP contribution in [0, 0.1) is 0 Å². The topological polar surface area (TPSA) is 62.5 Å². The molecule has 144 valence electrons. The molecule has 0 aliphatic heterocycles. The fraction of sp³-hybridized carbons (Fsp3) is 0.474. The fourth-order valence-corrected chi connectivity index (χ4v) is 2.45. The lowest BCUT2D eigenvalue weighted by atomic mass is 10.1. The van der Waals surface area contributed by atoms with Crippen LogP contribution in [-0.4, -0.2) is 24.2 Å². The van der Waals surface area contributed by atoms with E-state index >= 15 is 0 Å². The van der Waals surface area contributed by atoms with Crippen molar-refractivity contribution in [1.82, 2.24) is 15.8 Å². The Morgan fingerprint density at radius 3 is 2.58 bits per heavy atom. The van der Waals surface area contributed by atoms with Crippen molar-refractivity contribution in [3.05, 3.63) is 52.4 Å². The number of nitrogens with one attached hydrogen (secondary N) is 2. The average molecular weight is 491 g/mol. The van der Waals surface area contributed by atoms with Crippen LogP contribution in [0.3, 0.4) is 0 Å². The van der Waals surface area contributed by atoms with Gasteiger partial charge in [0.1, 0.15) is 6.54 Å². The SMILES string of the molecule is CCNC(=NCc1cc(C(C)C)no1)NCCCc1ccc(Cl)cc1.I. The first-order valence-electron chi connectivity index (χ1n) is 8.80. The van der Waals surface area contributed by atoms with Gasteiger partial charge in [-0.3, -0.25) is 0 Å². The number of aryl methyl sites for hydroxylation is 1. The number of nitrogens with zero attached hydrogens (tertiary/aromatic N) is 2. The van der Waals surface area contributed by atoms with Gasteiger partial charge < -0.3 is 15.2 Å². The van der Waals surface area contributed by atoms with Crippen LogP contribution in [0.1, 0.15) is 50.1 Å². The number of guanidine groups is 1. The zero-order valence-electron chi connectivity index (χ0n) is 15.6. The number of aromatic nitrogens is 1. The van der Waals surface area contributed by atoms with Crippen LogP contribution in [-0.2, 0) is 13.0 Å². The zero-order valence-corrected chi connectivity index (χ0v) is 18.7. The second-order valence-electron chi connectivity index (χ2n) is 6.22. The number of benzene rings is 1. The fourth-order valence-electron chi connectivity index (χ4n) is 2.32. The monoisotopic (exact) mass is 490 g/mol. The van der Waals surface area contributed by atoms with Crippen LogP contribution in [0.25, 0.3) is 0 Å². The standard InChI is InChI=1S/C19H27ClN4O.HI/c1-4-21-19(23-13-17-12-18(14(2)3)24-25-17)22-11-5-6-15-7-9-16(20)10-8-15;/h7-10,12,14H,4-6,11,13H2,1-3H3,(H2,21,22,23);1H. The van der Waals surface area contributed by atoms with Crippen LogP contribution in [0.5, 0.6) is 0 Å². The van der Waals surface area contributed by atoms with Gasteiger partial charge in [0, 0.05) is 24.2 Å². The second kappa shape index (κ2) is 12.2. The molecule has 1 heterocycles. The van der Waals surface area contributed by atoms with Gasteiger partial charge in [0.25, 0.3) is 0 Å². The van der Waals surface area contributed by atoms with Gasteiger partial charge in [-0.05, 0) is 43.4 Å². The molecule has 0 unspecified atom stereocenters. The van der Waals surface area contributed by atoms with E-state index in [1.165, 1.54) is 5.56 Å². The average Bonchev–Trinajstić information content (AvgIpc) is 3.07. The summed E-state index contributed by atoms with van der Waals surface area (Å²) in [4.78, 5) is 4.56. The summed E-state index contributed by atoms with van der Waals surface area (Å²) in [6.45, 7) is 8.38. The minimum atomic E-state index is 0. The van der Waals surface area contributed by atoms with E-state index in [2.05, 4.69) is 53.7 Å². The minimum Gasteiger partial charge on any atom is -0.359 e. The summed E-state index contributed by atoms with van der Waals surface area (Å²) >= 11 is 5.90. The van der Waals surface area contributed by atoms with E-state index in [0.717, 1.165) is 48.4 Å². The van der Waals surface area contributed by atoms with E-state index in [9.17, 15) is 0 Å². The molecule has 0 fully saturated rings. The largest absolute Gasteiger partial charge is 0.359 e. The highest BCUT2D eigenvalue weighted by atomic mass is 127. The molecule has 2 rings (SSSR count). The zero-order chi connectivity index (χ0) is 18.1. The highest BCUT2D eigenvalue weighted by molar-refractivity contribution is 14.0. The molecule has 2 N–H and O–H groups in total. The molecule has 5 nitrogen and oxygen atoms in total. The Labute approximate surface area is 178 Å². The van der Waals surface area contributed by atoms with Crippen molar-refractivity contribution < 1.29 is 4.52 Å². The highest BCUT2D eigenvalue weighted by Gasteiger charge is 2.07. The Hall–Kier alpha value is -1.28. The smallest absolute Gasteiger partial charge is 0.191 e. The van der Waals surface area contributed by atoms with Crippen molar-refractivity contribution in [1.29, 1.82) is 0 Å². The summed E-state index contributed by atoms with van der Waals surface area (Å²) in [6, 6.07) is 9.96. The molecule has 0 amide bonds. The van der Waals surface area contributed by atoms with Gasteiger partial charge in [-0.1, -0.05) is 42.7 Å². The number of rotatable bonds is 8. The lowest BCUT2D eigenvalue weighted by Gasteiger charge is -2.10. The first-order chi connectivity index (χ1) is 12.1. The highest BCUT2D eigenvalue weighted by Crippen LogP contribution is 2.14. The first-order valence-corrected chi connectivity index (χ1v) is 9.18. The molecule has 0 aliphatic carbocycles. The molecule has 0 saturated heterocycles. The Bertz CT molecular complexity index is 670. The molecule has 2 aromatic rings. The van der Waals surface area contributed by atoms with E-state index < -0.39 is 0 Å². The van der Waals surface area contributed by atoms with Gasteiger partial charge in [0.2, 0.25) is 0 Å². The van der Waals surface area contributed by atoms with Crippen molar-refractivity contribution in [2.45, 2.75) is 46.1 Å². The minimum absolute atomic E-state index is 0. The van der Waals surface area contributed by atoms with Gasteiger partial charge in [-0.15, -0.1) is 24.0 Å². The summed E-state index contributed by atoms with van der Waals surface area (Å²) in [5.74, 6) is 1.93. The van der Waals surface area contributed by atoms with E-state index in [-0.39, 0.29) is 24.0 Å². The summed E-state index contributed by atoms with van der Waals surface area (Å²) in [7, 11) is 0. The number of aliphatic imine (C=N–C) groups is 1. The van der Waals surface area contributed by atoms with Crippen LogP contribution < -0.4 is 10.6 Å². The molecule has 0 bridgehead atoms. The van der Waals surface area contributed by atoms with Crippen molar-refractivity contribution in [2.75, 3.05) is 13.1 Å². The van der Waals surface area contributed by atoms with Gasteiger partial charge in [0.15, 0.2) is 11.7 Å². The molecule has 1 aromatic carbocycles. The maximum Gasteiger partial charge on any atom is 0.191 e. The van der Waals surface area contributed by atoms with Gasteiger partial charge in [0.05, 0.1) is 5.69 Å². The lowest BCUT2D eigenvalue weighted by molar-refractivity contribution is 0.376. The van der Waals surface area contributed by atoms with Gasteiger partial charge in [-0.2, -0.15) is 0 Å². The number of hydrogen-bond donors (Lipinski definition) is 2. The van der Waals surface area contributed by atoms with Crippen molar-refractivity contribution in [2.24, 2.45) is 4.99 Å². The molecule has 26 heavy (non-hydrogen) atoms. The Morgan fingerprint density at radius 2 is 1.96 bits per heavy atom. The van der Waals surface area contributed by atoms with Crippen LogP contribution >= 0.6 is 35.6 Å². The third-order valence-electron chi connectivity index (χ3n) is 3.75. The third-order valence-corrected chi connectivity index (χ3v) is 4.01. The van der Waals surface area contributed by atoms with Crippen LogP contribution in [0.2, 0.25) is 5.02 Å². The van der Waals surface area contributed by atoms with Crippen LogP contribution in [0.15, 0.2) is 39.8 Å². The molecule has 0 saturated carbocycles. The van der Waals surface area contributed by atoms with Crippen molar-refractivity contribution in [3.63, 3.8) is 0 Å². The Balaban J connectivity index is 0.00000338. The number of halogens is 2. The maximum atomic E-state index is 5.90. The Morgan fingerprint density at radius 1 is 1.23 bits per heavy atom. The molecule has 0 radical (unpaired) electrons. The predicted molar refractivity (Wildman–Crippen MR) is 119 cm³/mol. The quantitative estimate of drug-likeness (QED) is 0.242. The van der Waals surface area contributed by atoms with E-state index in [4.69, 9.17) is 16.1 Å². The second-order valence-corrected chi connectivity index (χ2v) is 6.66. The lowest BCUT2D eigenvalue weighted by Crippen LogP contribution is -2.37.